The molecule has 1 saturated heterocycles. The first-order valence-corrected chi connectivity index (χ1v) is 10.6. The van der Waals surface area contributed by atoms with Gasteiger partial charge in [0.15, 0.2) is 5.65 Å². The maximum Gasteiger partial charge on any atom is 0.213 e. The van der Waals surface area contributed by atoms with E-state index in [0.717, 1.165) is 34.7 Å². The second-order valence-electron chi connectivity index (χ2n) is 6.58. The van der Waals surface area contributed by atoms with Crippen LogP contribution in [0.4, 0.5) is 0 Å². The van der Waals surface area contributed by atoms with Crippen molar-refractivity contribution in [2.45, 2.75) is 19.4 Å². The minimum atomic E-state index is -3.20. The maximum atomic E-state index is 12.3. The molecule has 1 atom stereocenters. The lowest BCUT2D eigenvalue weighted by Crippen LogP contribution is -2.30. The minimum absolute atomic E-state index is 0.00308. The smallest absolute Gasteiger partial charge is 0.213 e. The van der Waals surface area contributed by atoms with E-state index in [0.29, 0.717) is 13.1 Å². The van der Waals surface area contributed by atoms with E-state index in [1.54, 1.807) is 24.5 Å². The number of aromatic nitrogens is 3. The van der Waals surface area contributed by atoms with E-state index in [1.807, 2.05) is 36.4 Å². The average Bonchev–Trinajstić information content (AvgIpc) is 3.33. The van der Waals surface area contributed by atoms with Gasteiger partial charge in [0.25, 0.3) is 0 Å². The summed E-state index contributed by atoms with van der Waals surface area (Å²) in [7, 11) is -1.56. The van der Waals surface area contributed by atoms with Gasteiger partial charge in [0.05, 0.1) is 18.9 Å². The molecule has 0 saturated carbocycles. The highest BCUT2D eigenvalue weighted by Crippen LogP contribution is 2.33. The largest absolute Gasteiger partial charge is 0.497 e. The quantitative estimate of drug-likeness (QED) is 0.674. The summed E-state index contributed by atoms with van der Waals surface area (Å²) in [5.74, 6) is 1.70. The molecule has 8 heteroatoms. The molecule has 0 spiro atoms. The van der Waals surface area contributed by atoms with Crippen molar-refractivity contribution in [2.75, 3.05) is 26.0 Å². The molecule has 1 aliphatic rings. The average molecular weight is 386 g/mol. The summed E-state index contributed by atoms with van der Waals surface area (Å²) < 4.78 is 33.5. The molecule has 3 aromatic rings. The van der Waals surface area contributed by atoms with Crippen molar-refractivity contribution in [3.05, 3.63) is 42.6 Å². The fourth-order valence-electron chi connectivity index (χ4n) is 3.58. The molecular formula is C19H22N4O3S. The van der Waals surface area contributed by atoms with E-state index in [-0.39, 0.29) is 11.8 Å². The van der Waals surface area contributed by atoms with Crippen LogP contribution in [0.1, 0.15) is 19.4 Å². The van der Waals surface area contributed by atoms with Gasteiger partial charge < -0.3 is 9.30 Å². The lowest BCUT2D eigenvalue weighted by molar-refractivity contribution is 0.415. The van der Waals surface area contributed by atoms with Gasteiger partial charge in [-0.05, 0) is 49.7 Å². The summed E-state index contributed by atoms with van der Waals surface area (Å²) in [4.78, 5) is 9.30. The van der Waals surface area contributed by atoms with Crippen molar-refractivity contribution < 1.29 is 13.2 Å². The van der Waals surface area contributed by atoms with Crippen molar-refractivity contribution in [3.8, 4) is 17.1 Å². The van der Waals surface area contributed by atoms with Crippen LogP contribution in [0.5, 0.6) is 5.75 Å². The lowest BCUT2D eigenvalue weighted by Gasteiger charge is -2.18. The summed E-state index contributed by atoms with van der Waals surface area (Å²) >= 11 is 0. The zero-order chi connectivity index (χ0) is 19.0. The number of hydrogen-bond acceptors (Lipinski definition) is 5. The molecule has 1 aromatic carbocycles. The van der Waals surface area contributed by atoms with E-state index < -0.39 is 10.0 Å². The highest BCUT2D eigenvalue weighted by atomic mass is 32.2. The van der Waals surface area contributed by atoms with Crippen molar-refractivity contribution in [1.29, 1.82) is 0 Å². The molecular weight excluding hydrogens is 364 g/mol. The van der Waals surface area contributed by atoms with Gasteiger partial charge in [0, 0.05) is 24.8 Å². The van der Waals surface area contributed by atoms with E-state index in [1.165, 1.54) is 0 Å². The fourth-order valence-corrected chi connectivity index (χ4v) is 4.72. The third-order valence-electron chi connectivity index (χ3n) is 5.05. The Balaban J connectivity index is 1.79. The van der Waals surface area contributed by atoms with Crippen molar-refractivity contribution >= 4 is 21.2 Å². The fraction of sp³-hybridized carbons (Fsp3) is 0.368. The molecule has 1 aliphatic heterocycles. The maximum absolute atomic E-state index is 12.3. The Kier molecular flexibility index (Phi) is 4.61. The van der Waals surface area contributed by atoms with Gasteiger partial charge in [-0.1, -0.05) is 0 Å². The van der Waals surface area contributed by atoms with Crippen LogP contribution in [0.2, 0.25) is 0 Å². The molecule has 2 aromatic heterocycles. The summed E-state index contributed by atoms with van der Waals surface area (Å²) in [6, 6.07) is 11.5. The first-order chi connectivity index (χ1) is 13.0. The molecule has 0 bridgehead atoms. The van der Waals surface area contributed by atoms with Gasteiger partial charge in [-0.15, -0.1) is 0 Å². The third-order valence-corrected chi connectivity index (χ3v) is 6.89. The number of benzene rings is 1. The molecule has 0 unspecified atom stereocenters. The van der Waals surface area contributed by atoms with Gasteiger partial charge >= 0.3 is 0 Å². The van der Waals surface area contributed by atoms with Gasteiger partial charge in [-0.2, -0.15) is 4.31 Å². The number of fused-ring (bicyclic) bond motifs is 1. The molecule has 7 nitrogen and oxygen atoms in total. The molecule has 0 radical (unpaired) electrons. The first-order valence-electron chi connectivity index (χ1n) is 8.98. The molecule has 0 N–H and O–H groups in total. The van der Waals surface area contributed by atoms with Crippen LogP contribution in [-0.2, 0) is 10.0 Å². The van der Waals surface area contributed by atoms with Crippen LogP contribution in [0.25, 0.3) is 22.6 Å². The summed E-state index contributed by atoms with van der Waals surface area (Å²) in [5.41, 5.74) is 2.54. The Labute approximate surface area is 158 Å². The van der Waals surface area contributed by atoms with Crippen molar-refractivity contribution in [1.82, 2.24) is 18.8 Å². The Bertz CT molecular complexity index is 1060. The van der Waals surface area contributed by atoms with Crippen molar-refractivity contribution in [2.24, 2.45) is 0 Å². The van der Waals surface area contributed by atoms with Crippen LogP contribution < -0.4 is 4.74 Å². The Morgan fingerprint density at radius 1 is 1.22 bits per heavy atom. The molecule has 4 rings (SSSR count). The highest BCUT2D eigenvalue weighted by molar-refractivity contribution is 7.89. The second-order valence-corrected chi connectivity index (χ2v) is 8.84. The first kappa shape index (κ1) is 17.9. The lowest BCUT2D eigenvalue weighted by atomic mass is 10.2. The monoisotopic (exact) mass is 386 g/mol. The number of imidazole rings is 1. The predicted molar refractivity (Wildman–Crippen MR) is 104 cm³/mol. The summed E-state index contributed by atoms with van der Waals surface area (Å²) in [6.07, 6.45) is 2.48. The number of sulfonamides is 1. The van der Waals surface area contributed by atoms with Gasteiger partial charge in [-0.25, -0.2) is 18.4 Å². The van der Waals surface area contributed by atoms with E-state index in [2.05, 4.69) is 9.55 Å². The second kappa shape index (κ2) is 6.94. The number of pyridine rings is 1. The molecule has 3 heterocycles. The van der Waals surface area contributed by atoms with Crippen LogP contribution >= 0.6 is 0 Å². The van der Waals surface area contributed by atoms with Crippen LogP contribution in [0.3, 0.4) is 0 Å². The number of rotatable bonds is 5. The zero-order valence-electron chi connectivity index (χ0n) is 15.4. The topological polar surface area (TPSA) is 77.3 Å². The van der Waals surface area contributed by atoms with Gasteiger partial charge in [-0.3, -0.25) is 0 Å². The van der Waals surface area contributed by atoms with E-state index in [4.69, 9.17) is 9.72 Å². The Morgan fingerprint density at radius 3 is 2.70 bits per heavy atom. The Hall–Kier alpha value is -2.45. The SMILES string of the molecule is CCS(=O)(=O)N1CC[C@H](n2c(-c3ccc(OC)cc3)nc3cccnc32)C1. The molecule has 27 heavy (non-hydrogen) atoms. The number of ether oxygens (including phenoxy) is 1. The molecule has 0 aliphatic carbocycles. The molecule has 0 amide bonds. The normalized spacial score (nSPS) is 18.2. The van der Waals surface area contributed by atoms with Gasteiger partial charge in [0.1, 0.15) is 17.1 Å². The van der Waals surface area contributed by atoms with E-state index in [9.17, 15) is 8.42 Å². The van der Waals surface area contributed by atoms with Crippen molar-refractivity contribution in [3.63, 3.8) is 0 Å². The van der Waals surface area contributed by atoms with Crippen LogP contribution in [0.15, 0.2) is 42.6 Å². The summed E-state index contributed by atoms with van der Waals surface area (Å²) in [5, 5.41) is 0. The predicted octanol–water partition coefficient (Wildman–Crippen LogP) is 2.70. The zero-order valence-corrected chi connectivity index (χ0v) is 16.2. The van der Waals surface area contributed by atoms with Crippen LogP contribution in [-0.4, -0.2) is 53.2 Å². The molecule has 142 valence electrons. The summed E-state index contributed by atoms with van der Waals surface area (Å²) in [6.45, 7) is 2.65. The van der Waals surface area contributed by atoms with Gasteiger partial charge in [0.2, 0.25) is 10.0 Å². The van der Waals surface area contributed by atoms with Crippen LogP contribution in [0, 0.1) is 0 Å². The number of methoxy groups -OCH3 is 1. The third kappa shape index (κ3) is 3.19. The molecule has 1 fully saturated rings. The number of nitrogens with zero attached hydrogens (tertiary/aromatic N) is 4. The number of hydrogen-bond donors (Lipinski definition) is 0. The highest BCUT2D eigenvalue weighted by Gasteiger charge is 2.33. The van der Waals surface area contributed by atoms with E-state index >= 15 is 0 Å². The Morgan fingerprint density at radius 2 is 2.00 bits per heavy atom. The standard InChI is InChI=1S/C19H22N4O3S/c1-3-27(24,25)22-12-10-15(13-22)23-18(14-6-8-16(26-2)9-7-14)21-17-5-4-11-20-19(17)23/h4-9,11,15H,3,10,12-13H2,1-2H3/t15-/m0/s1. The minimum Gasteiger partial charge on any atom is -0.497 e.